The molecule has 0 spiro atoms. The second kappa shape index (κ2) is 5.46. The molecular weight excluding hydrogens is 298 g/mol. The van der Waals surface area contributed by atoms with Crippen LogP contribution in [0.3, 0.4) is 0 Å². The normalized spacial score (nSPS) is 16.1. The minimum atomic E-state index is -3.60. The van der Waals surface area contributed by atoms with E-state index < -0.39 is 16.0 Å². The van der Waals surface area contributed by atoms with Crippen LogP contribution in [-0.4, -0.2) is 36.4 Å². The Morgan fingerprint density at radius 1 is 1.50 bits per heavy atom. The number of aromatic carboxylic acids is 1. The number of rotatable bonds is 6. The standard InChI is InChI=1S/C13H19NO4S2/c1-8(2)7-14(10-4-5-10)20(17,18)12-6-11(13(15)16)19-9(12)3/h6,8,10H,4-5,7H2,1-3H3,(H,15,16). The maximum atomic E-state index is 12.7. The van der Waals surface area contributed by atoms with Gasteiger partial charge in [-0.05, 0) is 31.7 Å². The van der Waals surface area contributed by atoms with Gasteiger partial charge in [0.1, 0.15) is 4.88 Å². The lowest BCUT2D eigenvalue weighted by atomic mass is 10.2. The first-order chi connectivity index (χ1) is 9.23. The molecule has 112 valence electrons. The second-order valence-electron chi connectivity index (χ2n) is 5.54. The van der Waals surface area contributed by atoms with Crippen LogP contribution < -0.4 is 0 Å². The molecule has 0 radical (unpaired) electrons. The summed E-state index contributed by atoms with van der Waals surface area (Å²) in [5.41, 5.74) is 0. The average molecular weight is 317 g/mol. The maximum Gasteiger partial charge on any atom is 0.345 e. The van der Waals surface area contributed by atoms with Gasteiger partial charge in [-0.1, -0.05) is 13.8 Å². The fraction of sp³-hybridized carbons (Fsp3) is 0.615. The number of carboxylic acid groups (broad SMARTS) is 1. The molecule has 0 aliphatic heterocycles. The molecule has 1 N–H and O–H groups in total. The summed E-state index contributed by atoms with van der Waals surface area (Å²) in [5, 5.41) is 9.00. The fourth-order valence-corrected chi connectivity index (χ4v) is 5.37. The minimum absolute atomic E-state index is 0.0707. The summed E-state index contributed by atoms with van der Waals surface area (Å²) in [6.07, 6.45) is 1.78. The van der Waals surface area contributed by atoms with E-state index in [4.69, 9.17) is 5.11 Å². The molecule has 1 heterocycles. The lowest BCUT2D eigenvalue weighted by Gasteiger charge is -2.23. The third-order valence-electron chi connectivity index (χ3n) is 3.17. The number of thiophene rings is 1. The lowest BCUT2D eigenvalue weighted by molar-refractivity contribution is 0.0702. The predicted molar refractivity (Wildman–Crippen MR) is 77.8 cm³/mol. The van der Waals surface area contributed by atoms with Crippen molar-refractivity contribution in [3.8, 4) is 0 Å². The van der Waals surface area contributed by atoms with Crippen molar-refractivity contribution < 1.29 is 18.3 Å². The first-order valence-corrected chi connectivity index (χ1v) is 8.84. The molecule has 0 atom stereocenters. The molecule has 1 aliphatic rings. The summed E-state index contributed by atoms with van der Waals surface area (Å²) < 4.78 is 27.0. The zero-order chi connectivity index (χ0) is 15.1. The van der Waals surface area contributed by atoms with Crippen molar-refractivity contribution in [3.05, 3.63) is 15.8 Å². The van der Waals surface area contributed by atoms with Crippen molar-refractivity contribution in [2.24, 2.45) is 5.92 Å². The van der Waals surface area contributed by atoms with Crippen LogP contribution in [0, 0.1) is 12.8 Å². The molecule has 2 rings (SSSR count). The highest BCUT2D eigenvalue weighted by Crippen LogP contribution is 2.35. The summed E-state index contributed by atoms with van der Waals surface area (Å²) in [7, 11) is -3.60. The molecule has 20 heavy (non-hydrogen) atoms. The number of hydrogen-bond donors (Lipinski definition) is 1. The molecule has 0 aromatic carbocycles. The summed E-state index contributed by atoms with van der Waals surface area (Å²) in [5.74, 6) is -0.843. The van der Waals surface area contributed by atoms with Gasteiger partial charge in [-0.3, -0.25) is 0 Å². The molecule has 1 saturated carbocycles. The Labute approximate surface area is 123 Å². The summed E-state index contributed by atoms with van der Waals surface area (Å²) in [4.78, 5) is 11.7. The first-order valence-electron chi connectivity index (χ1n) is 6.59. The Morgan fingerprint density at radius 3 is 2.50 bits per heavy atom. The fourth-order valence-electron chi connectivity index (χ4n) is 2.12. The molecule has 0 amide bonds. The third kappa shape index (κ3) is 3.05. The quantitative estimate of drug-likeness (QED) is 0.875. The largest absolute Gasteiger partial charge is 0.477 e. The van der Waals surface area contributed by atoms with Crippen LogP contribution in [-0.2, 0) is 10.0 Å². The van der Waals surface area contributed by atoms with E-state index >= 15 is 0 Å². The van der Waals surface area contributed by atoms with Gasteiger partial charge in [0.25, 0.3) is 0 Å². The zero-order valence-electron chi connectivity index (χ0n) is 11.8. The van der Waals surface area contributed by atoms with Crippen LogP contribution in [0.1, 0.15) is 41.2 Å². The monoisotopic (exact) mass is 317 g/mol. The summed E-state index contributed by atoms with van der Waals surface area (Å²) in [6.45, 7) is 6.09. The smallest absolute Gasteiger partial charge is 0.345 e. The van der Waals surface area contributed by atoms with Crippen molar-refractivity contribution in [2.45, 2.75) is 44.6 Å². The van der Waals surface area contributed by atoms with E-state index in [2.05, 4.69) is 0 Å². The molecule has 1 aliphatic carbocycles. The molecule has 7 heteroatoms. The highest BCUT2D eigenvalue weighted by Gasteiger charge is 2.39. The molecule has 1 aromatic rings. The van der Waals surface area contributed by atoms with Gasteiger partial charge >= 0.3 is 5.97 Å². The number of carbonyl (C=O) groups is 1. The number of sulfonamides is 1. The van der Waals surface area contributed by atoms with Crippen LogP contribution in [0.4, 0.5) is 0 Å². The van der Waals surface area contributed by atoms with Gasteiger partial charge in [-0.2, -0.15) is 4.31 Å². The predicted octanol–water partition coefficient (Wildman–Crippen LogP) is 2.56. The van der Waals surface area contributed by atoms with Gasteiger partial charge in [0.2, 0.25) is 10.0 Å². The number of carboxylic acids is 1. The second-order valence-corrected chi connectivity index (χ2v) is 8.65. The zero-order valence-corrected chi connectivity index (χ0v) is 13.4. The van der Waals surface area contributed by atoms with Crippen LogP contribution in [0.5, 0.6) is 0 Å². The molecule has 1 aromatic heterocycles. The van der Waals surface area contributed by atoms with Crippen LogP contribution >= 0.6 is 11.3 Å². The van der Waals surface area contributed by atoms with Crippen molar-refractivity contribution in [3.63, 3.8) is 0 Å². The van der Waals surface area contributed by atoms with Crippen LogP contribution in [0.25, 0.3) is 0 Å². The molecular formula is C13H19NO4S2. The number of hydrogen-bond acceptors (Lipinski definition) is 4. The van der Waals surface area contributed by atoms with E-state index in [1.54, 1.807) is 11.2 Å². The van der Waals surface area contributed by atoms with E-state index in [1.807, 2.05) is 13.8 Å². The van der Waals surface area contributed by atoms with Crippen LogP contribution in [0.2, 0.25) is 0 Å². The van der Waals surface area contributed by atoms with Gasteiger partial charge in [0, 0.05) is 17.5 Å². The van der Waals surface area contributed by atoms with Crippen molar-refractivity contribution in [2.75, 3.05) is 6.54 Å². The van der Waals surface area contributed by atoms with Crippen molar-refractivity contribution in [1.29, 1.82) is 0 Å². The van der Waals surface area contributed by atoms with Gasteiger partial charge in [0.15, 0.2) is 0 Å². The van der Waals surface area contributed by atoms with Crippen molar-refractivity contribution in [1.82, 2.24) is 4.31 Å². The van der Waals surface area contributed by atoms with Gasteiger partial charge in [-0.25, -0.2) is 13.2 Å². The van der Waals surface area contributed by atoms with E-state index in [-0.39, 0.29) is 21.7 Å². The SMILES string of the molecule is Cc1sc(C(=O)O)cc1S(=O)(=O)N(CC(C)C)C1CC1. The Kier molecular flexibility index (Phi) is 4.22. The highest BCUT2D eigenvalue weighted by molar-refractivity contribution is 7.89. The van der Waals surface area contributed by atoms with E-state index in [0.29, 0.717) is 11.4 Å². The van der Waals surface area contributed by atoms with Crippen LogP contribution in [0.15, 0.2) is 11.0 Å². The molecule has 1 fully saturated rings. The molecule has 5 nitrogen and oxygen atoms in total. The number of nitrogens with zero attached hydrogens (tertiary/aromatic N) is 1. The first kappa shape index (κ1) is 15.5. The Balaban J connectivity index is 2.39. The maximum absolute atomic E-state index is 12.7. The number of aryl methyl sites for hydroxylation is 1. The topological polar surface area (TPSA) is 74.7 Å². The Hall–Kier alpha value is -0.920. The molecule has 0 saturated heterocycles. The Bertz CT molecular complexity index is 614. The minimum Gasteiger partial charge on any atom is -0.477 e. The van der Waals surface area contributed by atoms with E-state index in [0.717, 1.165) is 24.2 Å². The summed E-state index contributed by atoms with van der Waals surface area (Å²) in [6, 6.07) is 1.36. The van der Waals surface area contributed by atoms with E-state index in [9.17, 15) is 13.2 Å². The van der Waals surface area contributed by atoms with Gasteiger partial charge in [-0.15, -0.1) is 11.3 Å². The third-order valence-corrected chi connectivity index (χ3v) is 6.38. The molecule has 0 bridgehead atoms. The van der Waals surface area contributed by atoms with Gasteiger partial charge < -0.3 is 5.11 Å². The molecule has 0 unspecified atom stereocenters. The van der Waals surface area contributed by atoms with Gasteiger partial charge in [0.05, 0.1) is 4.90 Å². The highest BCUT2D eigenvalue weighted by atomic mass is 32.2. The summed E-state index contributed by atoms with van der Waals surface area (Å²) >= 11 is 1.01. The lowest BCUT2D eigenvalue weighted by Crippen LogP contribution is -2.36. The van der Waals surface area contributed by atoms with E-state index in [1.165, 1.54) is 6.07 Å². The van der Waals surface area contributed by atoms with Crippen molar-refractivity contribution >= 4 is 27.3 Å². The average Bonchev–Trinajstić information content (AvgIpc) is 3.07. The Morgan fingerprint density at radius 2 is 2.10 bits per heavy atom.